The average Bonchev–Trinajstić information content (AvgIpc) is 2.15. The highest BCUT2D eigenvalue weighted by atomic mass is 16.6. The van der Waals surface area contributed by atoms with E-state index in [1.165, 1.54) is 6.07 Å². The molecular formula is C10H15N3O2. The number of hydrogen-bond donors (Lipinski definition) is 1. The van der Waals surface area contributed by atoms with Gasteiger partial charge in [-0.1, -0.05) is 0 Å². The predicted octanol–water partition coefficient (Wildman–Crippen LogP) is 2.02. The molecule has 0 bridgehead atoms. The Bertz CT molecular complexity index is 377. The highest BCUT2D eigenvalue weighted by Gasteiger charge is 2.13. The van der Waals surface area contributed by atoms with Crippen molar-refractivity contribution in [2.45, 2.75) is 19.9 Å². The number of nitrogens with two attached hydrogens (primary N) is 1. The van der Waals surface area contributed by atoms with Gasteiger partial charge in [0.1, 0.15) is 5.69 Å². The van der Waals surface area contributed by atoms with E-state index >= 15 is 0 Å². The van der Waals surface area contributed by atoms with Gasteiger partial charge in [0.25, 0.3) is 5.69 Å². The Hall–Kier alpha value is -1.78. The molecule has 0 fully saturated rings. The molecule has 0 radical (unpaired) electrons. The van der Waals surface area contributed by atoms with Gasteiger partial charge in [-0.3, -0.25) is 10.1 Å². The molecule has 0 saturated carbocycles. The molecule has 0 aliphatic heterocycles. The maximum Gasteiger partial charge on any atom is 0.292 e. The maximum absolute atomic E-state index is 10.5. The summed E-state index contributed by atoms with van der Waals surface area (Å²) in [4.78, 5) is 12.1. The van der Waals surface area contributed by atoms with Gasteiger partial charge < -0.3 is 10.6 Å². The molecule has 0 saturated heterocycles. The van der Waals surface area contributed by atoms with Crippen LogP contribution in [0, 0.1) is 10.1 Å². The van der Waals surface area contributed by atoms with Crippen LogP contribution in [0.2, 0.25) is 0 Å². The summed E-state index contributed by atoms with van der Waals surface area (Å²) in [6.07, 6.45) is 0. The van der Waals surface area contributed by atoms with Crippen LogP contribution >= 0.6 is 0 Å². The van der Waals surface area contributed by atoms with Crippen molar-refractivity contribution in [1.29, 1.82) is 0 Å². The van der Waals surface area contributed by atoms with E-state index in [-0.39, 0.29) is 11.4 Å². The van der Waals surface area contributed by atoms with Crippen LogP contribution in [0.15, 0.2) is 18.2 Å². The number of nitro groups is 1. The Kier molecular flexibility index (Phi) is 3.14. The fourth-order valence-corrected chi connectivity index (χ4v) is 1.23. The molecule has 0 heterocycles. The fourth-order valence-electron chi connectivity index (χ4n) is 1.23. The number of anilines is 2. The van der Waals surface area contributed by atoms with Gasteiger partial charge in [0.2, 0.25) is 0 Å². The lowest BCUT2D eigenvalue weighted by atomic mass is 10.2. The second-order valence-electron chi connectivity index (χ2n) is 3.70. The number of nitrogens with zero attached hydrogens (tertiary/aromatic N) is 2. The van der Waals surface area contributed by atoms with E-state index in [0.717, 1.165) is 5.69 Å². The van der Waals surface area contributed by atoms with Gasteiger partial charge in [0, 0.05) is 24.8 Å². The minimum absolute atomic E-state index is 0.0455. The molecule has 2 N–H and O–H groups in total. The average molecular weight is 209 g/mol. The second kappa shape index (κ2) is 4.16. The van der Waals surface area contributed by atoms with Crippen LogP contribution < -0.4 is 10.6 Å². The first kappa shape index (κ1) is 11.3. The molecule has 5 heteroatoms. The van der Waals surface area contributed by atoms with Crippen molar-refractivity contribution < 1.29 is 4.92 Å². The van der Waals surface area contributed by atoms with Gasteiger partial charge in [-0.05, 0) is 26.0 Å². The lowest BCUT2D eigenvalue weighted by molar-refractivity contribution is -0.383. The third kappa shape index (κ3) is 2.37. The van der Waals surface area contributed by atoms with Crippen LogP contribution in [0.4, 0.5) is 17.1 Å². The number of rotatable bonds is 3. The van der Waals surface area contributed by atoms with E-state index in [9.17, 15) is 10.1 Å². The molecule has 0 amide bonds. The third-order valence-corrected chi connectivity index (χ3v) is 2.39. The van der Waals surface area contributed by atoms with E-state index < -0.39 is 4.92 Å². The van der Waals surface area contributed by atoms with Gasteiger partial charge in [0.15, 0.2) is 0 Å². The normalized spacial score (nSPS) is 10.4. The molecule has 1 aromatic carbocycles. The van der Waals surface area contributed by atoms with Crippen molar-refractivity contribution in [2.24, 2.45) is 0 Å². The van der Waals surface area contributed by atoms with Crippen molar-refractivity contribution in [3.8, 4) is 0 Å². The first-order valence-corrected chi connectivity index (χ1v) is 4.70. The third-order valence-electron chi connectivity index (χ3n) is 2.39. The van der Waals surface area contributed by atoms with Gasteiger partial charge in [-0.25, -0.2) is 0 Å². The van der Waals surface area contributed by atoms with Crippen molar-refractivity contribution in [2.75, 3.05) is 17.7 Å². The minimum Gasteiger partial charge on any atom is -0.393 e. The van der Waals surface area contributed by atoms with Gasteiger partial charge in [-0.15, -0.1) is 0 Å². The van der Waals surface area contributed by atoms with E-state index in [2.05, 4.69) is 0 Å². The zero-order valence-corrected chi connectivity index (χ0v) is 9.10. The molecular weight excluding hydrogens is 194 g/mol. The zero-order chi connectivity index (χ0) is 11.6. The predicted molar refractivity (Wildman–Crippen MR) is 61.0 cm³/mol. The molecule has 1 rings (SSSR count). The molecule has 15 heavy (non-hydrogen) atoms. The first-order valence-electron chi connectivity index (χ1n) is 4.70. The summed E-state index contributed by atoms with van der Waals surface area (Å²) in [5.74, 6) is 0. The number of nitrogen functional groups attached to an aromatic ring is 1. The lowest BCUT2D eigenvalue weighted by Crippen LogP contribution is -2.25. The molecule has 82 valence electrons. The topological polar surface area (TPSA) is 72.4 Å². The number of benzene rings is 1. The molecule has 0 aliphatic rings. The summed E-state index contributed by atoms with van der Waals surface area (Å²) in [5.41, 5.74) is 6.63. The zero-order valence-electron chi connectivity index (χ0n) is 9.10. The van der Waals surface area contributed by atoms with Crippen LogP contribution in [0.25, 0.3) is 0 Å². The summed E-state index contributed by atoms with van der Waals surface area (Å²) in [6.45, 7) is 4.08. The quantitative estimate of drug-likeness (QED) is 0.469. The second-order valence-corrected chi connectivity index (χ2v) is 3.70. The Labute approximate surface area is 88.6 Å². The molecule has 0 unspecified atom stereocenters. The van der Waals surface area contributed by atoms with Crippen LogP contribution in [0.1, 0.15) is 13.8 Å². The number of nitro benzene ring substituents is 1. The Balaban J connectivity index is 3.06. The maximum atomic E-state index is 10.5. The van der Waals surface area contributed by atoms with E-state index in [1.54, 1.807) is 12.1 Å². The highest BCUT2D eigenvalue weighted by molar-refractivity contribution is 5.66. The van der Waals surface area contributed by atoms with Crippen molar-refractivity contribution >= 4 is 17.1 Å². The van der Waals surface area contributed by atoms with Crippen molar-refractivity contribution in [3.63, 3.8) is 0 Å². The summed E-state index contributed by atoms with van der Waals surface area (Å²) >= 11 is 0. The lowest BCUT2D eigenvalue weighted by Gasteiger charge is -2.23. The van der Waals surface area contributed by atoms with Crippen molar-refractivity contribution in [3.05, 3.63) is 28.3 Å². The summed E-state index contributed by atoms with van der Waals surface area (Å²) in [6, 6.07) is 5.08. The highest BCUT2D eigenvalue weighted by Crippen LogP contribution is 2.26. The molecule has 0 atom stereocenters. The Morgan fingerprint density at radius 2 is 2.07 bits per heavy atom. The Morgan fingerprint density at radius 1 is 1.47 bits per heavy atom. The van der Waals surface area contributed by atoms with Gasteiger partial charge >= 0.3 is 0 Å². The first-order chi connectivity index (χ1) is 6.93. The van der Waals surface area contributed by atoms with E-state index in [1.807, 2.05) is 25.8 Å². The molecule has 1 aromatic rings. The van der Waals surface area contributed by atoms with E-state index in [0.29, 0.717) is 6.04 Å². The smallest absolute Gasteiger partial charge is 0.292 e. The molecule has 0 aromatic heterocycles. The SMILES string of the molecule is CC(C)N(C)c1ccc([N+](=O)[O-])c(N)c1. The summed E-state index contributed by atoms with van der Waals surface area (Å²) < 4.78 is 0. The van der Waals surface area contributed by atoms with Crippen LogP contribution in [0.5, 0.6) is 0 Å². The molecule has 0 aliphatic carbocycles. The van der Waals surface area contributed by atoms with Crippen LogP contribution in [0.3, 0.4) is 0 Å². The molecule has 5 nitrogen and oxygen atoms in total. The van der Waals surface area contributed by atoms with Gasteiger partial charge in [-0.2, -0.15) is 0 Å². The summed E-state index contributed by atoms with van der Waals surface area (Å²) in [5, 5.41) is 10.5. The minimum atomic E-state index is -0.478. The summed E-state index contributed by atoms with van der Waals surface area (Å²) in [7, 11) is 1.92. The Morgan fingerprint density at radius 3 is 2.47 bits per heavy atom. The van der Waals surface area contributed by atoms with Crippen LogP contribution in [-0.2, 0) is 0 Å². The number of hydrogen-bond acceptors (Lipinski definition) is 4. The molecule has 0 spiro atoms. The fraction of sp³-hybridized carbons (Fsp3) is 0.400. The standard InChI is InChI=1S/C10H15N3O2/c1-7(2)12(3)8-4-5-10(13(14)15)9(11)6-8/h4-7H,11H2,1-3H3. The van der Waals surface area contributed by atoms with E-state index in [4.69, 9.17) is 5.73 Å². The monoisotopic (exact) mass is 209 g/mol. The largest absolute Gasteiger partial charge is 0.393 e. The van der Waals surface area contributed by atoms with Crippen LogP contribution in [-0.4, -0.2) is 18.0 Å². The van der Waals surface area contributed by atoms with Gasteiger partial charge in [0.05, 0.1) is 4.92 Å². The van der Waals surface area contributed by atoms with Crippen molar-refractivity contribution in [1.82, 2.24) is 0 Å².